The number of nitrogens with zero attached hydrogens (tertiary/aromatic N) is 3. The number of nitrogens with one attached hydrogen (secondary N) is 2. The molecule has 0 saturated carbocycles. The molecule has 202 valence electrons. The maximum absolute atomic E-state index is 12.8. The molecule has 3 amide bonds. The fourth-order valence-corrected chi connectivity index (χ4v) is 4.86. The van der Waals surface area contributed by atoms with Gasteiger partial charge in [0.05, 0.1) is 18.8 Å². The third kappa shape index (κ3) is 6.35. The first-order chi connectivity index (χ1) is 19.0. The lowest BCUT2D eigenvalue weighted by Gasteiger charge is -2.34. The number of rotatable bonds is 7. The number of morpholine rings is 1. The van der Waals surface area contributed by atoms with E-state index < -0.39 is 5.91 Å². The summed E-state index contributed by atoms with van der Waals surface area (Å²) < 4.78 is 5.33. The minimum absolute atomic E-state index is 0.0305. The molecule has 0 bridgehead atoms. The van der Waals surface area contributed by atoms with Gasteiger partial charge in [-0.1, -0.05) is 18.2 Å². The van der Waals surface area contributed by atoms with Crippen LogP contribution in [-0.4, -0.2) is 73.0 Å². The zero-order valence-corrected chi connectivity index (χ0v) is 21.6. The van der Waals surface area contributed by atoms with E-state index in [1.54, 1.807) is 53.4 Å². The molecule has 39 heavy (non-hydrogen) atoms. The SMILES string of the molecule is NC(=O)c1ccc(N2CCCC(NC(=O)c3ccccc3)C2)nc1Nc1ccc(C(=O)N2CCOCC2)cc1. The maximum atomic E-state index is 12.8. The van der Waals surface area contributed by atoms with Crippen molar-refractivity contribution in [3.63, 3.8) is 0 Å². The van der Waals surface area contributed by atoms with E-state index in [0.717, 1.165) is 19.4 Å². The number of benzene rings is 2. The molecule has 1 unspecified atom stereocenters. The Morgan fingerprint density at radius 1 is 0.897 bits per heavy atom. The maximum Gasteiger partial charge on any atom is 0.254 e. The summed E-state index contributed by atoms with van der Waals surface area (Å²) in [6, 6.07) is 19.6. The molecular weight excluding hydrogens is 496 g/mol. The van der Waals surface area contributed by atoms with Crippen LogP contribution in [0.25, 0.3) is 0 Å². The van der Waals surface area contributed by atoms with Gasteiger partial charge in [0.25, 0.3) is 17.7 Å². The largest absolute Gasteiger partial charge is 0.378 e. The van der Waals surface area contributed by atoms with Gasteiger partial charge in [-0.05, 0) is 61.4 Å². The van der Waals surface area contributed by atoms with Crippen molar-refractivity contribution >= 4 is 35.0 Å². The quantitative estimate of drug-likeness (QED) is 0.430. The lowest BCUT2D eigenvalue weighted by Crippen LogP contribution is -2.48. The van der Waals surface area contributed by atoms with E-state index in [-0.39, 0.29) is 23.4 Å². The van der Waals surface area contributed by atoms with Gasteiger partial charge in [-0.2, -0.15) is 0 Å². The second kappa shape index (κ2) is 12.0. The summed E-state index contributed by atoms with van der Waals surface area (Å²) in [6.45, 7) is 3.61. The van der Waals surface area contributed by atoms with Gasteiger partial charge in [0.15, 0.2) is 0 Å². The summed E-state index contributed by atoms with van der Waals surface area (Å²) in [4.78, 5) is 46.1. The monoisotopic (exact) mass is 528 g/mol. The van der Waals surface area contributed by atoms with Crippen LogP contribution in [0.4, 0.5) is 17.3 Å². The molecule has 3 heterocycles. The zero-order chi connectivity index (χ0) is 27.2. The highest BCUT2D eigenvalue weighted by atomic mass is 16.5. The second-order valence-corrected chi connectivity index (χ2v) is 9.66. The van der Waals surface area contributed by atoms with E-state index in [1.807, 2.05) is 18.2 Å². The third-order valence-electron chi connectivity index (χ3n) is 6.96. The van der Waals surface area contributed by atoms with Crippen LogP contribution < -0.4 is 21.3 Å². The fourth-order valence-electron chi connectivity index (χ4n) is 4.86. The van der Waals surface area contributed by atoms with Crippen molar-refractivity contribution in [2.24, 2.45) is 5.73 Å². The van der Waals surface area contributed by atoms with Gasteiger partial charge in [0.1, 0.15) is 11.6 Å². The number of hydrogen-bond acceptors (Lipinski definition) is 7. The Balaban J connectivity index is 1.29. The lowest BCUT2D eigenvalue weighted by molar-refractivity contribution is 0.0303. The minimum atomic E-state index is -0.595. The molecule has 1 aromatic heterocycles. The first kappa shape index (κ1) is 26.2. The Morgan fingerprint density at radius 2 is 1.64 bits per heavy atom. The second-order valence-electron chi connectivity index (χ2n) is 9.66. The predicted octanol–water partition coefficient (Wildman–Crippen LogP) is 2.80. The Morgan fingerprint density at radius 3 is 2.36 bits per heavy atom. The summed E-state index contributed by atoms with van der Waals surface area (Å²) in [6.07, 6.45) is 1.76. The Bertz CT molecular complexity index is 1330. The molecule has 2 saturated heterocycles. The predicted molar refractivity (Wildman–Crippen MR) is 148 cm³/mol. The molecule has 0 aliphatic carbocycles. The number of piperidine rings is 1. The van der Waals surface area contributed by atoms with Gasteiger partial charge in [-0.3, -0.25) is 14.4 Å². The van der Waals surface area contributed by atoms with Crippen LogP contribution in [0.1, 0.15) is 43.9 Å². The van der Waals surface area contributed by atoms with Crippen molar-refractivity contribution in [3.8, 4) is 0 Å². The van der Waals surface area contributed by atoms with Crippen LogP contribution in [0.3, 0.4) is 0 Å². The number of hydrogen-bond donors (Lipinski definition) is 3. The zero-order valence-electron chi connectivity index (χ0n) is 21.6. The van der Waals surface area contributed by atoms with Gasteiger partial charge < -0.3 is 30.9 Å². The number of nitrogens with two attached hydrogens (primary N) is 1. The van der Waals surface area contributed by atoms with E-state index in [2.05, 4.69) is 15.5 Å². The average molecular weight is 529 g/mol. The number of pyridine rings is 1. The number of carbonyl (C=O) groups is 3. The minimum Gasteiger partial charge on any atom is -0.378 e. The standard InChI is InChI=1S/C29H32N6O4/c30-26(36)24-12-13-25(35-14-4-7-23(19-35)32-28(37)20-5-2-1-3-6-20)33-27(24)31-22-10-8-21(9-11-22)29(38)34-15-17-39-18-16-34/h1-3,5-6,8-13,23H,4,7,14-19H2,(H2,30,36)(H,31,33)(H,32,37). The Hall–Kier alpha value is -4.44. The van der Waals surface area contributed by atoms with Gasteiger partial charge in [-0.25, -0.2) is 4.98 Å². The van der Waals surface area contributed by atoms with Crippen LogP contribution in [0.15, 0.2) is 66.7 Å². The summed E-state index contributed by atoms with van der Waals surface area (Å²) in [5.41, 5.74) is 7.78. The first-order valence-corrected chi connectivity index (χ1v) is 13.1. The smallest absolute Gasteiger partial charge is 0.254 e. The van der Waals surface area contributed by atoms with Crippen molar-refractivity contribution < 1.29 is 19.1 Å². The molecule has 2 aromatic carbocycles. The van der Waals surface area contributed by atoms with Crippen molar-refractivity contribution in [2.75, 3.05) is 49.6 Å². The molecule has 0 radical (unpaired) electrons. The first-order valence-electron chi connectivity index (χ1n) is 13.1. The van der Waals surface area contributed by atoms with E-state index in [1.165, 1.54) is 0 Å². The molecular formula is C29H32N6O4. The third-order valence-corrected chi connectivity index (χ3v) is 6.96. The number of carbonyl (C=O) groups excluding carboxylic acids is 3. The van der Waals surface area contributed by atoms with E-state index in [9.17, 15) is 14.4 Å². The van der Waals surface area contributed by atoms with Gasteiger partial charge in [0.2, 0.25) is 0 Å². The average Bonchev–Trinajstić information content (AvgIpc) is 2.98. The van der Waals surface area contributed by atoms with Crippen molar-refractivity contribution in [2.45, 2.75) is 18.9 Å². The molecule has 5 rings (SSSR count). The molecule has 1 atom stereocenters. The Labute approximate surface area is 227 Å². The number of anilines is 3. The number of amides is 3. The molecule has 2 aliphatic rings. The number of ether oxygens (including phenoxy) is 1. The number of primary amides is 1. The van der Waals surface area contributed by atoms with Crippen LogP contribution in [0, 0.1) is 0 Å². The molecule has 4 N–H and O–H groups in total. The Kier molecular flexibility index (Phi) is 8.02. The van der Waals surface area contributed by atoms with Crippen LogP contribution in [0.2, 0.25) is 0 Å². The van der Waals surface area contributed by atoms with E-state index >= 15 is 0 Å². The highest BCUT2D eigenvalue weighted by molar-refractivity contribution is 5.99. The van der Waals surface area contributed by atoms with Crippen molar-refractivity contribution in [3.05, 3.63) is 83.4 Å². The molecule has 2 fully saturated rings. The topological polar surface area (TPSA) is 130 Å². The normalized spacial score (nSPS) is 17.4. The van der Waals surface area contributed by atoms with E-state index in [4.69, 9.17) is 15.5 Å². The lowest BCUT2D eigenvalue weighted by atomic mass is 10.0. The van der Waals surface area contributed by atoms with Gasteiger partial charge >= 0.3 is 0 Å². The van der Waals surface area contributed by atoms with E-state index in [0.29, 0.717) is 61.3 Å². The number of aromatic nitrogens is 1. The van der Waals surface area contributed by atoms with Crippen molar-refractivity contribution in [1.29, 1.82) is 0 Å². The summed E-state index contributed by atoms with van der Waals surface area (Å²) in [5.74, 6) is 0.282. The molecule has 10 heteroatoms. The summed E-state index contributed by atoms with van der Waals surface area (Å²) >= 11 is 0. The van der Waals surface area contributed by atoms with Crippen LogP contribution in [-0.2, 0) is 4.74 Å². The molecule has 3 aromatic rings. The van der Waals surface area contributed by atoms with Crippen LogP contribution >= 0.6 is 0 Å². The highest BCUT2D eigenvalue weighted by Crippen LogP contribution is 2.25. The van der Waals surface area contributed by atoms with Crippen molar-refractivity contribution in [1.82, 2.24) is 15.2 Å². The summed E-state index contributed by atoms with van der Waals surface area (Å²) in [7, 11) is 0. The molecule has 10 nitrogen and oxygen atoms in total. The molecule has 0 spiro atoms. The summed E-state index contributed by atoms with van der Waals surface area (Å²) in [5, 5.41) is 6.31. The van der Waals surface area contributed by atoms with Gasteiger partial charge in [-0.15, -0.1) is 0 Å². The van der Waals surface area contributed by atoms with Gasteiger partial charge in [0, 0.05) is 49.0 Å². The highest BCUT2D eigenvalue weighted by Gasteiger charge is 2.24. The molecule has 2 aliphatic heterocycles. The van der Waals surface area contributed by atoms with Crippen LogP contribution in [0.5, 0.6) is 0 Å². The fraction of sp³-hybridized carbons (Fsp3) is 0.310.